The summed E-state index contributed by atoms with van der Waals surface area (Å²) in [5.41, 5.74) is 0. The lowest BCUT2D eigenvalue weighted by Crippen LogP contribution is -2.39. The van der Waals surface area contributed by atoms with E-state index in [0.717, 1.165) is 10.6 Å². The zero-order chi connectivity index (χ0) is 17.6. The Hall–Kier alpha value is -2.46. The number of carbonyl (C=O) groups is 1. The van der Waals surface area contributed by atoms with Gasteiger partial charge in [0.25, 0.3) is 0 Å². The summed E-state index contributed by atoms with van der Waals surface area (Å²) in [6.07, 6.45) is 4.80. The average molecular weight is 352 g/mol. The molecule has 2 aromatic heterocycles. The van der Waals surface area contributed by atoms with Gasteiger partial charge >= 0.3 is 0 Å². The molecule has 0 spiro atoms. The standard InChI is InChI=1S/C14H20N6O3S/c1-19(24(2,22)23)11-14(21)16-8-7-15-12-5-6-13(18-17-12)20-9-3-4-10-20/h3-6,9-10H,7-8,11H2,1-2H3,(H,15,17)(H,16,21). The molecule has 0 bridgehead atoms. The first-order chi connectivity index (χ1) is 11.4. The molecule has 2 aromatic rings. The minimum Gasteiger partial charge on any atom is -0.367 e. The highest BCUT2D eigenvalue weighted by Crippen LogP contribution is 2.06. The fourth-order valence-electron chi connectivity index (χ4n) is 1.81. The van der Waals surface area contributed by atoms with E-state index < -0.39 is 10.0 Å². The number of anilines is 1. The first kappa shape index (κ1) is 17.9. The molecule has 0 aliphatic carbocycles. The highest BCUT2D eigenvalue weighted by Gasteiger charge is 2.14. The lowest BCUT2D eigenvalue weighted by atomic mass is 10.4. The molecule has 9 nitrogen and oxygen atoms in total. The molecule has 130 valence electrons. The third-order valence-electron chi connectivity index (χ3n) is 3.21. The van der Waals surface area contributed by atoms with Gasteiger partial charge in [-0.2, -0.15) is 4.31 Å². The minimum absolute atomic E-state index is 0.204. The molecule has 2 heterocycles. The van der Waals surface area contributed by atoms with Gasteiger partial charge in [0.2, 0.25) is 15.9 Å². The van der Waals surface area contributed by atoms with Crippen molar-refractivity contribution in [3.63, 3.8) is 0 Å². The molecule has 2 N–H and O–H groups in total. The molecule has 0 aliphatic rings. The first-order valence-corrected chi connectivity index (χ1v) is 9.10. The van der Waals surface area contributed by atoms with Gasteiger partial charge in [-0.1, -0.05) is 0 Å². The van der Waals surface area contributed by atoms with Gasteiger partial charge in [0.1, 0.15) is 5.82 Å². The molecule has 0 aromatic carbocycles. The van der Waals surface area contributed by atoms with Crippen molar-refractivity contribution in [2.45, 2.75) is 0 Å². The van der Waals surface area contributed by atoms with Crippen LogP contribution >= 0.6 is 0 Å². The maximum Gasteiger partial charge on any atom is 0.235 e. The Labute approximate surface area is 140 Å². The van der Waals surface area contributed by atoms with Crippen LogP contribution in [0.15, 0.2) is 36.7 Å². The van der Waals surface area contributed by atoms with Gasteiger partial charge < -0.3 is 15.2 Å². The number of rotatable bonds is 8. The smallest absolute Gasteiger partial charge is 0.235 e. The number of carbonyl (C=O) groups excluding carboxylic acids is 1. The number of nitrogens with one attached hydrogen (secondary N) is 2. The van der Waals surface area contributed by atoms with Crippen LogP contribution in [0.4, 0.5) is 5.82 Å². The van der Waals surface area contributed by atoms with Crippen LogP contribution < -0.4 is 10.6 Å². The van der Waals surface area contributed by atoms with Crippen LogP contribution in [-0.4, -0.2) is 66.3 Å². The number of amides is 1. The van der Waals surface area contributed by atoms with Crippen LogP contribution in [-0.2, 0) is 14.8 Å². The minimum atomic E-state index is -3.36. The average Bonchev–Trinajstić information content (AvgIpc) is 3.05. The van der Waals surface area contributed by atoms with Gasteiger partial charge in [0.15, 0.2) is 5.82 Å². The molecule has 0 saturated carbocycles. The Kier molecular flexibility index (Phi) is 5.88. The summed E-state index contributed by atoms with van der Waals surface area (Å²) in [5, 5.41) is 13.8. The maximum atomic E-state index is 11.6. The molecule has 10 heteroatoms. The van der Waals surface area contributed by atoms with Crippen molar-refractivity contribution in [2.75, 3.05) is 38.3 Å². The molecule has 0 saturated heterocycles. The van der Waals surface area contributed by atoms with Gasteiger partial charge in [0.05, 0.1) is 12.8 Å². The molecule has 2 rings (SSSR count). The van der Waals surface area contributed by atoms with Crippen LogP contribution in [0.2, 0.25) is 0 Å². The van der Waals surface area contributed by atoms with Crippen molar-refractivity contribution in [1.82, 2.24) is 24.4 Å². The van der Waals surface area contributed by atoms with Crippen molar-refractivity contribution in [3.8, 4) is 5.82 Å². The summed E-state index contributed by atoms with van der Waals surface area (Å²) in [6.45, 7) is 0.591. The molecular formula is C14H20N6O3S. The Bertz CT molecular complexity index is 758. The van der Waals surface area contributed by atoms with Gasteiger partial charge in [-0.3, -0.25) is 4.79 Å². The monoisotopic (exact) mass is 352 g/mol. The summed E-state index contributed by atoms with van der Waals surface area (Å²) in [7, 11) is -2.00. The normalized spacial score (nSPS) is 11.5. The Morgan fingerprint density at radius 1 is 1.21 bits per heavy atom. The molecule has 1 amide bonds. The highest BCUT2D eigenvalue weighted by molar-refractivity contribution is 7.88. The Morgan fingerprint density at radius 2 is 1.92 bits per heavy atom. The number of hydrogen-bond donors (Lipinski definition) is 2. The van der Waals surface area contributed by atoms with E-state index in [0.29, 0.717) is 24.7 Å². The summed E-state index contributed by atoms with van der Waals surface area (Å²) in [5.74, 6) is 0.940. The quantitative estimate of drug-likeness (QED) is 0.631. The van der Waals surface area contributed by atoms with E-state index >= 15 is 0 Å². The largest absolute Gasteiger partial charge is 0.367 e. The SMILES string of the molecule is CN(CC(=O)NCCNc1ccc(-n2cccc2)nn1)S(C)(=O)=O. The van der Waals surface area contributed by atoms with Crippen molar-refractivity contribution in [2.24, 2.45) is 0 Å². The lowest BCUT2D eigenvalue weighted by Gasteiger charge is -2.13. The summed E-state index contributed by atoms with van der Waals surface area (Å²) >= 11 is 0. The number of likely N-dealkylation sites (N-methyl/N-ethyl adjacent to an activating group) is 1. The maximum absolute atomic E-state index is 11.6. The fraction of sp³-hybridized carbons (Fsp3) is 0.357. The molecule has 0 aliphatic heterocycles. The van der Waals surface area contributed by atoms with Gasteiger partial charge in [-0.05, 0) is 24.3 Å². The summed E-state index contributed by atoms with van der Waals surface area (Å²) in [4.78, 5) is 11.6. The third kappa shape index (κ3) is 5.32. The van der Waals surface area contributed by atoms with E-state index in [2.05, 4.69) is 20.8 Å². The fourth-order valence-corrected chi connectivity index (χ4v) is 2.16. The molecule has 0 unspecified atom stereocenters. The topological polar surface area (TPSA) is 109 Å². The lowest BCUT2D eigenvalue weighted by molar-refractivity contribution is -0.121. The van der Waals surface area contributed by atoms with E-state index in [9.17, 15) is 13.2 Å². The predicted octanol–water partition coefficient (Wildman–Crippen LogP) is -0.313. The van der Waals surface area contributed by atoms with Crippen LogP contribution in [0.3, 0.4) is 0 Å². The van der Waals surface area contributed by atoms with Crippen molar-refractivity contribution in [3.05, 3.63) is 36.7 Å². The zero-order valence-corrected chi connectivity index (χ0v) is 14.3. The number of hydrogen-bond acceptors (Lipinski definition) is 6. The van der Waals surface area contributed by atoms with Crippen LogP contribution in [0.1, 0.15) is 0 Å². The molecule has 0 fully saturated rings. The third-order valence-corrected chi connectivity index (χ3v) is 4.47. The zero-order valence-electron chi connectivity index (χ0n) is 13.5. The predicted molar refractivity (Wildman–Crippen MR) is 90.3 cm³/mol. The Balaban J connectivity index is 1.72. The van der Waals surface area contributed by atoms with E-state index in [4.69, 9.17) is 0 Å². The van der Waals surface area contributed by atoms with E-state index in [1.54, 1.807) is 6.07 Å². The van der Waals surface area contributed by atoms with Crippen LogP contribution in [0.25, 0.3) is 5.82 Å². The van der Waals surface area contributed by atoms with E-state index in [-0.39, 0.29) is 12.5 Å². The van der Waals surface area contributed by atoms with Crippen molar-refractivity contribution < 1.29 is 13.2 Å². The first-order valence-electron chi connectivity index (χ1n) is 7.25. The van der Waals surface area contributed by atoms with Gasteiger partial charge in [0, 0.05) is 32.5 Å². The van der Waals surface area contributed by atoms with Crippen LogP contribution in [0, 0.1) is 0 Å². The Morgan fingerprint density at radius 3 is 2.50 bits per heavy atom. The summed E-state index contributed by atoms with van der Waals surface area (Å²) < 4.78 is 25.3. The second-order valence-electron chi connectivity index (χ2n) is 5.16. The molecule has 24 heavy (non-hydrogen) atoms. The number of aromatic nitrogens is 3. The molecule has 0 radical (unpaired) electrons. The van der Waals surface area contributed by atoms with E-state index in [1.165, 1.54) is 7.05 Å². The second-order valence-corrected chi connectivity index (χ2v) is 7.25. The van der Waals surface area contributed by atoms with Crippen molar-refractivity contribution >= 4 is 21.7 Å². The number of sulfonamides is 1. The van der Waals surface area contributed by atoms with Crippen LogP contribution in [0.5, 0.6) is 0 Å². The molecular weight excluding hydrogens is 332 g/mol. The van der Waals surface area contributed by atoms with E-state index in [1.807, 2.05) is 35.2 Å². The van der Waals surface area contributed by atoms with Gasteiger partial charge in [-0.25, -0.2) is 8.42 Å². The molecule has 0 atom stereocenters. The van der Waals surface area contributed by atoms with Gasteiger partial charge in [-0.15, -0.1) is 10.2 Å². The van der Waals surface area contributed by atoms with Crippen molar-refractivity contribution in [1.29, 1.82) is 0 Å². The highest BCUT2D eigenvalue weighted by atomic mass is 32.2. The summed E-state index contributed by atoms with van der Waals surface area (Å²) in [6, 6.07) is 7.42. The number of nitrogens with zero attached hydrogens (tertiary/aromatic N) is 4. The second kappa shape index (κ2) is 7.88.